The average Bonchev–Trinajstić information content (AvgIpc) is 3.20. The molecule has 0 spiro atoms. The topological polar surface area (TPSA) is 48.3 Å². The number of aryl methyl sites for hydroxylation is 1. The maximum absolute atomic E-state index is 14.2. The van der Waals surface area contributed by atoms with Crippen molar-refractivity contribution >= 4 is 72.8 Å². The minimum absolute atomic E-state index is 0.172. The highest BCUT2D eigenvalue weighted by Gasteiger charge is 2.35. The SMILES string of the molecule is COC(=O)CC1CCn2c1c(C(=O)c1ccc(Cl)cc1I)c1c(Br)cc(F)cc12. The molecule has 29 heavy (non-hydrogen) atoms. The van der Waals surface area contributed by atoms with Crippen molar-refractivity contribution in [3.8, 4) is 0 Å². The summed E-state index contributed by atoms with van der Waals surface area (Å²) in [7, 11) is 1.35. The summed E-state index contributed by atoms with van der Waals surface area (Å²) in [6, 6.07) is 7.90. The monoisotopic (exact) mass is 589 g/mol. The predicted octanol–water partition coefficient (Wildman–Crippen LogP) is 6.08. The van der Waals surface area contributed by atoms with Crippen LogP contribution in [-0.4, -0.2) is 23.4 Å². The van der Waals surface area contributed by atoms with Crippen LogP contribution in [0.4, 0.5) is 4.39 Å². The molecule has 2 heterocycles. The van der Waals surface area contributed by atoms with Gasteiger partial charge in [-0.05, 0) is 75.3 Å². The number of ketones is 1. The van der Waals surface area contributed by atoms with Crippen molar-refractivity contribution in [3.05, 3.63) is 66.0 Å². The first kappa shape index (κ1) is 20.8. The normalized spacial score (nSPS) is 15.6. The lowest BCUT2D eigenvalue weighted by Crippen LogP contribution is -2.11. The Morgan fingerprint density at radius 2 is 2.10 bits per heavy atom. The first-order valence-corrected chi connectivity index (χ1v) is 11.1. The maximum atomic E-state index is 14.2. The summed E-state index contributed by atoms with van der Waals surface area (Å²) in [5.74, 6) is -1.07. The second-order valence-corrected chi connectivity index (χ2v) is 9.37. The Balaban J connectivity index is 1.98. The van der Waals surface area contributed by atoms with E-state index in [4.69, 9.17) is 16.3 Å². The Morgan fingerprint density at radius 1 is 1.34 bits per heavy atom. The maximum Gasteiger partial charge on any atom is 0.306 e. The number of methoxy groups -OCH3 is 1. The largest absolute Gasteiger partial charge is 0.469 e. The van der Waals surface area contributed by atoms with E-state index in [2.05, 4.69) is 38.5 Å². The highest BCUT2D eigenvalue weighted by molar-refractivity contribution is 14.1. The fourth-order valence-electron chi connectivity index (χ4n) is 4.02. The number of hydrogen-bond donors (Lipinski definition) is 0. The van der Waals surface area contributed by atoms with Gasteiger partial charge in [-0.15, -0.1) is 0 Å². The van der Waals surface area contributed by atoms with Gasteiger partial charge in [-0.1, -0.05) is 11.6 Å². The van der Waals surface area contributed by atoms with Crippen LogP contribution in [-0.2, 0) is 16.1 Å². The van der Waals surface area contributed by atoms with E-state index >= 15 is 0 Å². The van der Waals surface area contributed by atoms with Crippen molar-refractivity contribution in [2.75, 3.05) is 7.11 Å². The molecule has 0 radical (unpaired) electrons. The van der Waals surface area contributed by atoms with Crippen LogP contribution in [0.1, 0.15) is 40.4 Å². The van der Waals surface area contributed by atoms with Crippen molar-refractivity contribution in [1.82, 2.24) is 4.57 Å². The minimum Gasteiger partial charge on any atom is -0.469 e. The highest BCUT2D eigenvalue weighted by Crippen LogP contribution is 2.44. The van der Waals surface area contributed by atoms with Crippen molar-refractivity contribution in [2.24, 2.45) is 0 Å². The molecule has 0 fully saturated rings. The Hall–Kier alpha value is -1.45. The molecule has 1 unspecified atom stereocenters. The number of esters is 1. The fraction of sp³-hybridized carbons (Fsp3) is 0.238. The molecule has 0 bridgehead atoms. The number of ether oxygens (including phenoxy) is 1. The van der Waals surface area contributed by atoms with Gasteiger partial charge in [0.05, 0.1) is 24.6 Å². The summed E-state index contributed by atoms with van der Waals surface area (Å²) in [6.45, 7) is 0.606. The van der Waals surface area contributed by atoms with Crippen LogP contribution in [0.15, 0.2) is 34.8 Å². The van der Waals surface area contributed by atoms with Gasteiger partial charge in [-0.3, -0.25) is 9.59 Å². The molecule has 1 aliphatic rings. The molecule has 2 aromatic carbocycles. The number of nitrogens with zero attached hydrogens (tertiary/aromatic N) is 1. The zero-order chi connectivity index (χ0) is 20.9. The summed E-state index contributed by atoms with van der Waals surface area (Å²) < 4.78 is 22.2. The van der Waals surface area contributed by atoms with Gasteiger partial charge in [0.15, 0.2) is 5.78 Å². The van der Waals surface area contributed by atoms with E-state index in [9.17, 15) is 14.0 Å². The second-order valence-electron chi connectivity index (χ2n) is 6.91. The number of halogens is 4. The van der Waals surface area contributed by atoms with Crippen LogP contribution in [0.3, 0.4) is 0 Å². The Morgan fingerprint density at radius 3 is 2.79 bits per heavy atom. The number of fused-ring (bicyclic) bond motifs is 3. The lowest BCUT2D eigenvalue weighted by molar-refractivity contribution is -0.141. The van der Waals surface area contributed by atoms with E-state index in [0.29, 0.717) is 44.5 Å². The van der Waals surface area contributed by atoms with Crippen molar-refractivity contribution in [2.45, 2.75) is 25.3 Å². The Bertz CT molecular complexity index is 1180. The van der Waals surface area contributed by atoms with Crippen LogP contribution in [0.2, 0.25) is 5.02 Å². The smallest absolute Gasteiger partial charge is 0.306 e. The van der Waals surface area contributed by atoms with Crippen LogP contribution in [0.25, 0.3) is 10.9 Å². The van der Waals surface area contributed by atoms with Gasteiger partial charge in [0.2, 0.25) is 0 Å². The molecular weight excluding hydrogens is 575 g/mol. The molecule has 0 amide bonds. The zero-order valence-corrected chi connectivity index (χ0v) is 19.8. The van der Waals surface area contributed by atoms with Gasteiger partial charge in [0.1, 0.15) is 5.82 Å². The third kappa shape index (κ3) is 3.61. The quantitative estimate of drug-likeness (QED) is 0.210. The predicted molar refractivity (Wildman–Crippen MR) is 121 cm³/mol. The molecular formula is C21H15BrClFINO3. The zero-order valence-electron chi connectivity index (χ0n) is 15.3. The standard InChI is InChI=1S/C21H15BrClFINO3/c1-29-17(27)6-10-4-5-26-16-9-12(24)8-14(22)18(16)19(20(10)26)21(28)13-3-2-11(23)7-15(13)25/h2-3,7-10H,4-6H2,1H3. The molecule has 0 N–H and O–H groups in total. The highest BCUT2D eigenvalue weighted by atomic mass is 127. The van der Waals surface area contributed by atoms with E-state index in [0.717, 1.165) is 9.26 Å². The molecule has 4 rings (SSSR count). The molecule has 3 aromatic rings. The third-order valence-electron chi connectivity index (χ3n) is 5.25. The van der Waals surface area contributed by atoms with Crippen molar-refractivity contribution in [3.63, 3.8) is 0 Å². The molecule has 4 nitrogen and oxygen atoms in total. The lowest BCUT2D eigenvalue weighted by atomic mass is 9.92. The van der Waals surface area contributed by atoms with E-state index in [-0.39, 0.29) is 29.9 Å². The Labute approximate surface area is 193 Å². The second kappa shape index (κ2) is 8.00. The number of carbonyl (C=O) groups excluding carboxylic acids is 2. The van der Waals surface area contributed by atoms with E-state index in [1.807, 2.05) is 4.57 Å². The summed E-state index contributed by atoms with van der Waals surface area (Å²) in [5, 5.41) is 1.21. The number of carbonyl (C=O) groups is 2. The molecule has 1 atom stereocenters. The van der Waals surface area contributed by atoms with Gasteiger partial charge >= 0.3 is 5.97 Å². The summed E-state index contributed by atoms with van der Waals surface area (Å²) in [4.78, 5) is 25.6. The lowest BCUT2D eigenvalue weighted by Gasteiger charge is -2.12. The summed E-state index contributed by atoms with van der Waals surface area (Å²) >= 11 is 11.6. The Kier molecular flexibility index (Phi) is 5.74. The number of benzene rings is 2. The van der Waals surface area contributed by atoms with Gasteiger partial charge in [0, 0.05) is 42.2 Å². The molecule has 1 aromatic heterocycles. The van der Waals surface area contributed by atoms with E-state index < -0.39 is 0 Å². The average molecular weight is 591 g/mol. The number of hydrogen-bond acceptors (Lipinski definition) is 3. The van der Waals surface area contributed by atoms with Crippen LogP contribution in [0.5, 0.6) is 0 Å². The molecule has 0 aliphatic carbocycles. The van der Waals surface area contributed by atoms with E-state index in [1.54, 1.807) is 18.2 Å². The van der Waals surface area contributed by atoms with Crippen LogP contribution in [0, 0.1) is 9.39 Å². The third-order valence-corrected chi connectivity index (χ3v) is 7.01. The number of aromatic nitrogens is 1. The summed E-state index contributed by atoms with van der Waals surface area (Å²) in [5.41, 5.74) is 2.42. The van der Waals surface area contributed by atoms with Gasteiger partial charge < -0.3 is 9.30 Å². The molecule has 1 aliphatic heterocycles. The molecule has 0 saturated heterocycles. The van der Waals surface area contributed by atoms with Crippen molar-refractivity contribution < 1.29 is 18.7 Å². The fourth-order valence-corrected chi connectivity index (χ4v) is 5.76. The summed E-state index contributed by atoms with van der Waals surface area (Å²) in [6.07, 6.45) is 0.859. The molecule has 8 heteroatoms. The van der Waals surface area contributed by atoms with Crippen LogP contribution >= 0.6 is 50.1 Å². The minimum atomic E-state index is -0.388. The van der Waals surface area contributed by atoms with Gasteiger partial charge in [-0.2, -0.15) is 0 Å². The van der Waals surface area contributed by atoms with Crippen LogP contribution < -0.4 is 0 Å². The van der Waals surface area contributed by atoms with E-state index in [1.165, 1.54) is 19.2 Å². The van der Waals surface area contributed by atoms with Gasteiger partial charge in [0.25, 0.3) is 0 Å². The van der Waals surface area contributed by atoms with Crippen molar-refractivity contribution in [1.29, 1.82) is 0 Å². The van der Waals surface area contributed by atoms with Gasteiger partial charge in [-0.25, -0.2) is 4.39 Å². The first-order valence-electron chi connectivity index (χ1n) is 8.89. The molecule has 0 saturated carbocycles. The first-order chi connectivity index (χ1) is 13.8. The number of rotatable bonds is 4. The molecule has 150 valence electrons.